The standard InChI is InChI=1S/C15H12ClFN2S2/c1-8-9(2)21-15-13(8)14(16)18-12(19-15)7-20-11-6-4-3-5-10(11)17/h3-6H,7H2,1-2H3. The van der Waals surface area contributed by atoms with E-state index in [4.69, 9.17) is 11.6 Å². The molecule has 0 unspecified atom stereocenters. The number of hydrogen-bond acceptors (Lipinski definition) is 4. The molecule has 0 amide bonds. The SMILES string of the molecule is Cc1sc2nc(CSc3ccccc3F)nc(Cl)c2c1C. The van der Waals surface area contributed by atoms with Gasteiger partial charge in [0.15, 0.2) is 0 Å². The van der Waals surface area contributed by atoms with Gasteiger partial charge in [0.25, 0.3) is 0 Å². The molecule has 6 heteroatoms. The van der Waals surface area contributed by atoms with Gasteiger partial charge in [-0.1, -0.05) is 23.7 Å². The average molecular weight is 339 g/mol. The molecule has 0 aliphatic rings. The molecule has 0 radical (unpaired) electrons. The molecule has 0 N–H and O–H groups in total. The Bertz CT molecular complexity index is 817. The van der Waals surface area contributed by atoms with E-state index in [2.05, 4.69) is 9.97 Å². The van der Waals surface area contributed by atoms with E-state index in [1.165, 1.54) is 22.7 Å². The molecule has 2 aromatic heterocycles. The van der Waals surface area contributed by atoms with E-state index in [0.717, 1.165) is 15.8 Å². The molecule has 108 valence electrons. The van der Waals surface area contributed by atoms with Crippen LogP contribution in [0.25, 0.3) is 10.2 Å². The molecular weight excluding hydrogens is 327 g/mol. The monoisotopic (exact) mass is 338 g/mol. The second kappa shape index (κ2) is 5.91. The molecule has 0 aliphatic heterocycles. The van der Waals surface area contributed by atoms with Crippen molar-refractivity contribution in [3.05, 3.63) is 51.5 Å². The van der Waals surface area contributed by atoms with Crippen LogP contribution in [0.2, 0.25) is 5.15 Å². The van der Waals surface area contributed by atoms with Gasteiger partial charge in [-0.3, -0.25) is 0 Å². The number of nitrogens with zero attached hydrogens (tertiary/aromatic N) is 2. The van der Waals surface area contributed by atoms with Crippen LogP contribution in [-0.4, -0.2) is 9.97 Å². The first-order valence-electron chi connectivity index (χ1n) is 6.35. The Balaban J connectivity index is 1.90. The fourth-order valence-electron chi connectivity index (χ4n) is 2.01. The number of thioether (sulfide) groups is 1. The highest BCUT2D eigenvalue weighted by molar-refractivity contribution is 7.98. The number of aromatic nitrogens is 2. The Kier molecular flexibility index (Phi) is 4.15. The van der Waals surface area contributed by atoms with Gasteiger partial charge in [0.2, 0.25) is 0 Å². The summed E-state index contributed by atoms with van der Waals surface area (Å²) in [5.74, 6) is 0.895. The molecule has 0 spiro atoms. The maximum atomic E-state index is 13.6. The Labute approximate surface area is 135 Å². The predicted octanol–water partition coefficient (Wildman–Crippen LogP) is 5.39. The number of rotatable bonds is 3. The lowest BCUT2D eigenvalue weighted by Crippen LogP contribution is -1.94. The first-order valence-corrected chi connectivity index (χ1v) is 8.53. The van der Waals surface area contributed by atoms with Crippen LogP contribution in [0.1, 0.15) is 16.3 Å². The Morgan fingerprint density at radius 1 is 1.24 bits per heavy atom. The van der Waals surface area contributed by atoms with Crippen LogP contribution in [0.15, 0.2) is 29.2 Å². The smallest absolute Gasteiger partial charge is 0.142 e. The summed E-state index contributed by atoms with van der Waals surface area (Å²) in [6, 6.07) is 6.69. The van der Waals surface area contributed by atoms with Crippen LogP contribution in [0.5, 0.6) is 0 Å². The van der Waals surface area contributed by atoms with Crippen molar-refractivity contribution in [1.29, 1.82) is 0 Å². The van der Waals surface area contributed by atoms with Crippen molar-refractivity contribution in [2.75, 3.05) is 0 Å². The van der Waals surface area contributed by atoms with Gasteiger partial charge >= 0.3 is 0 Å². The third-order valence-electron chi connectivity index (χ3n) is 3.22. The fraction of sp³-hybridized carbons (Fsp3) is 0.200. The van der Waals surface area contributed by atoms with Crippen molar-refractivity contribution in [3.8, 4) is 0 Å². The zero-order valence-electron chi connectivity index (χ0n) is 11.5. The second-order valence-corrected chi connectivity index (χ2v) is 7.19. The van der Waals surface area contributed by atoms with E-state index in [1.54, 1.807) is 23.5 Å². The molecule has 0 bridgehead atoms. The zero-order valence-corrected chi connectivity index (χ0v) is 13.9. The number of fused-ring (bicyclic) bond motifs is 1. The Hall–Kier alpha value is -1.17. The minimum atomic E-state index is -0.225. The van der Waals surface area contributed by atoms with Gasteiger partial charge in [-0.2, -0.15) is 0 Å². The minimum Gasteiger partial charge on any atom is -0.221 e. The van der Waals surface area contributed by atoms with Crippen LogP contribution >= 0.6 is 34.7 Å². The summed E-state index contributed by atoms with van der Waals surface area (Å²) >= 11 is 9.25. The number of hydrogen-bond donors (Lipinski definition) is 0. The van der Waals surface area contributed by atoms with Crippen LogP contribution in [0.3, 0.4) is 0 Å². The van der Waals surface area contributed by atoms with Crippen molar-refractivity contribution in [2.24, 2.45) is 0 Å². The summed E-state index contributed by atoms with van der Waals surface area (Å²) < 4.78 is 13.6. The zero-order chi connectivity index (χ0) is 15.0. The second-order valence-electron chi connectivity index (χ2n) is 4.61. The number of halogens is 2. The summed E-state index contributed by atoms with van der Waals surface area (Å²) in [4.78, 5) is 11.6. The number of benzene rings is 1. The normalized spacial score (nSPS) is 11.2. The molecule has 0 atom stereocenters. The van der Waals surface area contributed by atoms with E-state index >= 15 is 0 Å². The van der Waals surface area contributed by atoms with E-state index in [9.17, 15) is 4.39 Å². The van der Waals surface area contributed by atoms with Gasteiger partial charge in [-0.15, -0.1) is 23.1 Å². The predicted molar refractivity (Wildman–Crippen MR) is 87.9 cm³/mol. The Morgan fingerprint density at radius 2 is 2.00 bits per heavy atom. The summed E-state index contributed by atoms with van der Waals surface area (Å²) in [6.45, 7) is 4.07. The fourth-order valence-corrected chi connectivity index (χ4v) is 4.24. The topological polar surface area (TPSA) is 25.8 Å². The first kappa shape index (κ1) is 14.8. The molecule has 2 heterocycles. The van der Waals surface area contributed by atoms with Gasteiger partial charge in [0.05, 0.1) is 11.1 Å². The van der Waals surface area contributed by atoms with E-state index in [0.29, 0.717) is 21.6 Å². The van der Waals surface area contributed by atoms with Gasteiger partial charge in [0, 0.05) is 9.77 Å². The summed E-state index contributed by atoms with van der Waals surface area (Å²) in [5, 5.41) is 1.41. The highest BCUT2D eigenvalue weighted by atomic mass is 35.5. The highest BCUT2D eigenvalue weighted by Gasteiger charge is 2.13. The van der Waals surface area contributed by atoms with Gasteiger partial charge in [-0.25, -0.2) is 14.4 Å². The summed E-state index contributed by atoms with van der Waals surface area (Å²) in [5.41, 5.74) is 1.13. The van der Waals surface area contributed by atoms with E-state index in [-0.39, 0.29) is 5.82 Å². The van der Waals surface area contributed by atoms with Crippen molar-refractivity contribution in [3.63, 3.8) is 0 Å². The average Bonchev–Trinajstić information content (AvgIpc) is 2.73. The molecule has 3 rings (SSSR count). The maximum Gasteiger partial charge on any atom is 0.142 e. The molecule has 2 nitrogen and oxygen atoms in total. The molecule has 0 saturated carbocycles. The van der Waals surface area contributed by atoms with Crippen molar-refractivity contribution < 1.29 is 4.39 Å². The van der Waals surface area contributed by atoms with Gasteiger partial charge < -0.3 is 0 Å². The van der Waals surface area contributed by atoms with Crippen molar-refractivity contribution in [2.45, 2.75) is 24.5 Å². The number of aryl methyl sites for hydroxylation is 2. The van der Waals surface area contributed by atoms with Crippen LogP contribution in [0.4, 0.5) is 4.39 Å². The van der Waals surface area contributed by atoms with Crippen molar-refractivity contribution >= 4 is 44.9 Å². The van der Waals surface area contributed by atoms with Crippen LogP contribution in [0, 0.1) is 19.7 Å². The van der Waals surface area contributed by atoms with Gasteiger partial charge in [0.1, 0.15) is 21.6 Å². The highest BCUT2D eigenvalue weighted by Crippen LogP contribution is 2.34. The molecular formula is C15H12ClFN2S2. The lowest BCUT2D eigenvalue weighted by molar-refractivity contribution is 0.602. The molecule has 1 aromatic carbocycles. The largest absolute Gasteiger partial charge is 0.221 e. The first-order chi connectivity index (χ1) is 10.1. The number of thiophene rings is 1. The maximum absolute atomic E-state index is 13.6. The van der Waals surface area contributed by atoms with Crippen molar-refractivity contribution in [1.82, 2.24) is 9.97 Å². The molecule has 21 heavy (non-hydrogen) atoms. The van der Waals surface area contributed by atoms with E-state index < -0.39 is 0 Å². The quantitative estimate of drug-likeness (QED) is 0.473. The van der Waals surface area contributed by atoms with Crippen LogP contribution < -0.4 is 0 Å². The lowest BCUT2D eigenvalue weighted by Gasteiger charge is -2.03. The third-order valence-corrected chi connectivity index (χ3v) is 5.64. The van der Waals surface area contributed by atoms with E-state index in [1.807, 2.05) is 19.9 Å². The Morgan fingerprint density at radius 3 is 2.76 bits per heavy atom. The summed E-state index contributed by atoms with van der Waals surface area (Å²) in [7, 11) is 0. The van der Waals surface area contributed by atoms with Gasteiger partial charge in [-0.05, 0) is 31.5 Å². The molecule has 0 fully saturated rings. The van der Waals surface area contributed by atoms with Crippen LogP contribution in [-0.2, 0) is 5.75 Å². The minimum absolute atomic E-state index is 0.225. The molecule has 3 aromatic rings. The molecule has 0 saturated heterocycles. The lowest BCUT2D eigenvalue weighted by atomic mass is 10.2. The molecule has 0 aliphatic carbocycles. The summed E-state index contributed by atoms with van der Waals surface area (Å²) in [6.07, 6.45) is 0. The third kappa shape index (κ3) is 2.91.